The molecule has 0 atom stereocenters. The number of aromatic nitrogens is 3. The zero-order chi connectivity index (χ0) is 26.3. The molecule has 3 heterocycles. The Kier molecular flexibility index (Phi) is 6.17. The molecule has 5 rings (SSSR count). The minimum absolute atomic E-state index is 0.0126. The predicted molar refractivity (Wildman–Crippen MR) is 134 cm³/mol. The number of hydrogen-bond donors (Lipinski definition) is 0. The van der Waals surface area contributed by atoms with Gasteiger partial charge in [-0.05, 0) is 54.6 Å². The molecule has 7 nitrogen and oxygen atoms in total. The van der Waals surface area contributed by atoms with Crippen LogP contribution in [0.15, 0.2) is 79.1 Å². The van der Waals surface area contributed by atoms with Crippen molar-refractivity contribution in [3.63, 3.8) is 0 Å². The van der Waals surface area contributed by atoms with Gasteiger partial charge < -0.3 is 5.11 Å². The normalized spacial score (nSPS) is 13.8. The topological polar surface area (TPSA) is 82.1 Å². The average Bonchev–Trinajstić information content (AvgIpc) is 3.34. The van der Waals surface area contributed by atoms with Crippen molar-refractivity contribution in [3.05, 3.63) is 107 Å². The van der Waals surface area contributed by atoms with Crippen LogP contribution >= 0.6 is 0 Å². The summed E-state index contributed by atoms with van der Waals surface area (Å²) in [6.45, 7) is 5.59. The van der Waals surface area contributed by atoms with E-state index < -0.39 is 23.5 Å². The minimum Gasteiger partial charge on any atom is -0.858 e. The predicted octanol–water partition coefficient (Wildman–Crippen LogP) is 3.74. The summed E-state index contributed by atoms with van der Waals surface area (Å²) in [4.78, 5) is 28.8. The first-order valence-corrected chi connectivity index (χ1v) is 11.9. The molecule has 0 saturated carbocycles. The van der Waals surface area contributed by atoms with Crippen LogP contribution in [0.3, 0.4) is 0 Å². The molecule has 0 unspecified atom stereocenters. The number of carbonyl (C=O) groups excluding carboxylic acids is 2. The van der Waals surface area contributed by atoms with Crippen molar-refractivity contribution in [1.29, 1.82) is 0 Å². The monoisotopic (exact) mass is 496 g/mol. The molecule has 0 fully saturated rings. The van der Waals surface area contributed by atoms with Crippen LogP contribution in [0.2, 0.25) is 0 Å². The Bertz CT molecular complexity index is 1540. The lowest BCUT2D eigenvalue weighted by Crippen LogP contribution is -2.39. The summed E-state index contributed by atoms with van der Waals surface area (Å²) in [5, 5.41) is 18.4. The molecule has 2 aromatic carbocycles. The van der Waals surface area contributed by atoms with Crippen molar-refractivity contribution < 1.29 is 23.7 Å². The molecular formula is C29H25FN4O3. The number of rotatable bonds is 6. The Hall–Kier alpha value is -4.59. The second-order valence-corrected chi connectivity index (χ2v) is 9.30. The molecule has 8 heteroatoms. The maximum absolute atomic E-state index is 13.9. The van der Waals surface area contributed by atoms with Gasteiger partial charge in [-0.1, -0.05) is 44.2 Å². The molecule has 1 aliphatic heterocycles. The lowest BCUT2D eigenvalue weighted by atomic mass is 9.98. The van der Waals surface area contributed by atoms with Gasteiger partial charge in [-0.15, -0.1) is 0 Å². The molecule has 0 saturated heterocycles. The van der Waals surface area contributed by atoms with Crippen LogP contribution < -0.4 is 9.67 Å². The fraction of sp³-hybridized carbons (Fsp3) is 0.172. The number of benzene rings is 2. The second-order valence-electron chi connectivity index (χ2n) is 9.30. The lowest BCUT2D eigenvalue weighted by Gasteiger charge is -2.16. The maximum Gasteiger partial charge on any atom is 0.327 e. The van der Waals surface area contributed by atoms with Gasteiger partial charge in [0, 0.05) is 17.2 Å². The fourth-order valence-corrected chi connectivity index (χ4v) is 4.48. The quantitative estimate of drug-likeness (QED) is 0.301. The van der Waals surface area contributed by atoms with Crippen LogP contribution in [0, 0.1) is 12.7 Å². The Morgan fingerprint density at radius 3 is 2.32 bits per heavy atom. The zero-order valence-electron chi connectivity index (χ0n) is 20.7. The number of pyridine rings is 1. The summed E-state index contributed by atoms with van der Waals surface area (Å²) in [5.74, 6) is -2.21. The van der Waals surface area contributed by atoms with Crippen LogP contribution in [-0.4, -0.2) is 26.5 Å². The van der Waals surface area contributed by atoms with Gasteiger partial charge in [0.05, 0.1) is 17.9 Å². The highest BCUT2D eigenvalue weighted by Gasteiger charge is 2.47. The van der Waals surface area contributed by atoms with E-state index in [-0.39, 0.29) is 29.3 Å². The number of nitrogens with zero attached hydrogens (tertiary/aromatic N) is 4. The lowest BCUT2D eigenvalue weighted by molar-refractivity contribution is -0.577. The van der Waals surface area contributed by atoms with E-state index in [0.717, 1.165) is 10.5 Å². The van der Waals surface area contributed by atoms with Crippen molar-refractivity contribution in [2.24, 2.45) is 0 Å². The van der Waals surface area contributed by atoms with Crippen LogP contribution in [0.25, 0.3) is 17.0 Å². The van der Waals surface area contributed by atoms with E-state index in [4.69, 9.17) is 0 Å². The third-order valence-electron chi connectivity index (χ3n) is 6.27. The number of hydrogen-bond acceptors (Lipinski definition) is 4. The van der Waals surface area contributed by atoms with Crippen LogP contribution in [0.5, 0.6) is 5.88 Å². The van der Waals surface area contributed by atoms with E-state index in [9.17, 15) is 19.1 Å². The highest BCUT2D eigenvalue weighted by Crippen LogP contribution is 2.39. The second kappa shape index (κ2) is 9.46. The number of halogens is 1. The number of amides is 2. The molecule has 4 aromatic rings. The SMILES string of the molecule is Cc1ccc[n+](C2=C(c3c(C(C)C)nn(-c4ccccc4)c3[O-])C(=O)N(Cc3ccc(F)cc3)C2=O)c1. The van der Waals surface area contributed by atoms with Gasteiger partial charge in [-0.25, -0.2) is 9.07 Å². The summed E-state index contributed by atoms with van der Waals surface area (Å²) in [6.07, 6.45) is 3.42. The van der Waals surface area contributed by atoms with Crippen molar-refractivity contribution in [2.75, 3.05) is 0 Å². The fourth-order valence-electron chi connectivity index (χ4n) is 4.48. The number of aryl methyl sites for hydroxylation is 1. The molecule has 2 aromatic heterocycles. The van der Waals surface area contributed by atoms with Gasteiger partial charge in [-0.3, -0.25) is 14.5 Å². The summed E-state index contributed by atoms with van der Waals surface area (Å²) < 4.78 is 16.3. The zero-order valence-corrected chi connectivity index (χ0v) is 20.7. The highest BCUT2D eigenvalue weighted by atomic mass is 19.1. The Balaban J connectivity index is 1.72. The van der Waals surface area contributed by atoms with E-state index in [1.807, 2.05) is 32.9 Å². The molecular weight excluding hydrogens is 471 g/mol. The minimum atomic E-state index is -0.593. The van der Waals surface area contributed by atoms with Crippen LogP contribution in [0.1, 0.15) is 42.1 Å². The van der Waals surface area contributed by atoms with Crippen molar-refractivity contribution in [2.45, 2.75) is 33.2 Å². The Morgan fingerprint density at radius 1 is 0.973 bits per heavy atom. The van der Waals surface area contributed by atoms with Crippen LogP contribution in [0.4, 0.5) is 4.39 Å². The smallest absolute Gasteiger partial charge is 0.327 e. The maximum atomic E-state index is 13.9. The van der Waals surface area contributed by atoms with E-state index in [0.29, 0.717) is 16.9 Å². The number of carbonyl (C=O) groups is 2. The first-order valence-electron chi connectivity index (χ1n) is 11.9. The van der Waals surface area contributed by atoms with E-state index in [1.165, 1.54) is 28.9 Å². The summed E-state index contributed by atoms with van der Waals surface area (Å²) in [5.41, 5.74) is 2.66. The largest absolute Gasteiger partial charge is 0.858 e. The molecule has 37 heavy (non-hydrogen) atoms. The molecule has 186 valence electrons. The molecule has 1 aliphatic rings. The van der Waals surface area contributed by atoms with Gasteiger partial charge in [0.15, 0.2) is 12.4 Å². The molecule has 0 aliphatic carbocycles. The molecule has 2 amide bonds. The Labute approximate surface area is 213 Å². The number of para-hydroxylation sites is 1. The third kappa shape index (κ3) is 4.31. The van der Waals surface area contributed by atoms with Gasteiger partial charge in [0.1, 0.15) is 11.4 Å². The molecule has 0 spiro atoms. The van der Waals surface area contributed by atoms with E-state index >= 15 is 0 Å². The molecule has 0 N–H and O–H groups in total. The van der Waals surface area contributed by atoms with Crippen LogP contribution in [-0.2, 0) is 16.1 Å². The number of imide groups is 1. The molecule has 0 bridgehead atoms. The summed E-state index contributed by atoms with van der Waals surface area (Å²) >= 11 is 0. The first kappa shape index (κ1) is 24.1. The highest BCUT2D eigenvalue weighted by molar-refractivity contribution is 6.44. The van der Waals surface area contributed by atoms with Gasteiger partial charge in [0.25, 0.3) is 11.6 Å². The van der Waals surface area contributed by atoms with E-state index in [2.05, 4.69) is 5.10 Å². The Morgan fingerprint density at radius 2 is 1.68 bits per heavy atom. The van der Waals surface area contributed by atoms with Gasteiger partial charge in [-0.2, -0.15) is 9.67 Å². The summed E-state index contributed by atoms with van der Waals surface area (Å²) in [6, 6.07) is 18.2. The molecule has 0 radical (unpaired) electrons. The van der Waals surface area contributed by atoms with E-state index in [1.54, 1.807) is 47.3 Å². The van der Waals surface area contributed by atoms with Gasteiger partial charge >= 0.3 is 5.91 Å². The first-order chi connectivity index (χ1) is 17.8. The third-order valence-corrected chi connectivity index (χ3v) is 6.27. The van der Waals surface area contributed by atoms with Crippen molar-refractivity contribution in [1.82, 2.24) is 14.7 Å². The average molecular weight is 497 g/mol. The van der Waals surface area contributed by atoms with Crippen molar-refractivity contribution in [3.8, 4) is 11.6 Å². The van der Waals surface area contributed by atoms with Gasteiger partial charge in [0.2, 0.25) is 0 Å². The van der Waals surface area contributed by atoms with Crippen molar-refractivity contribution >= 4 is 23.1 Å². The standard InChI is InChI=1S/C29H25FN4O3/c1-18(2)25-23(28(36)34(31-25)22-9-5-4-6-10-22)24-26(32-15-7-8-19(3)16-32)29(37)33(27(24)35)17-20-11-13-21(30)14-12-20/h4-16,18H,17H2,1-3H3. The summed E-state index contributed by atoms with van der Waals surface area (Å²) in [7, 11) is 0.